The average molecular weight is 238 g/mol. The highest BCUT2D eigenvalue weighted by atomic mass is 15.2. The van der Waals surface area contributed by atoms with Crippen molar-refractivity contribution in [2.24, 2.45) is 11.8 Å². The number of hydrogen-bond donors (Lipinski definition) is 1. The van der Waals surface area contributed by atoms with E-state index < -0.39 is 0 Å². The molecule has 0 amide bonds. The van der Waals surface area contributed by atoms with E-state index in [1.54, 1.807) is 0 Å². The smallest absolute Gasteiger partial charge is 0.0192 e. The summed E-state index contributed by atoms with van der Waals surface area (Å²) in [5, 5.41) is 3.46. The molecule has 2 aliphatic rings. The molecule has 1 atom stereocenters. The predicted molar refractivity (Wildman–Crippen MR) is 74.2 cm³/mol. The Labute approximate surface area is 107 Å². The molecule has 0 aromatic heterocycles. The van der Waals surface area contributed by atoms with E-state index in [1.165, 1.54) is 51.6 Å². The van der Waals surface area contributed by atoms with E-state index in [1.807, 2.05) is 0 Å². The van der Waals surface area contributed by atoms with Gasteiger partial charge in [0.1, 0.15) is 0 Å². The van der Waals surface area contributed by atoms with Gasteiger partial charge in [0, 0.05) is 18.6 Å². The van der Waals surface area contributed by atoms with Crippen molar-refractivity contribution in [1.82, 2.24) is 10.2 Å². The van der Waals surface area contributed by atoms with Gasteiger partial charge in [-0.3, -0.25) is 4.90 Å². The van der Waals surface area contributed by atoms with Gasteiger partial charge in [-0.05, 0) is 64.0 Å². The molecule has 0 spiro atoms. The quantitative estimate of drug-likeness (QED) is 0.813. The SMILES string of the molecule is CNC1CCCN(C2CCC(C(C)C)CC2)C1. The molecule has 17 heavy (non-hydrogen) atoms. The number of piperidine rings is 1. The van der Waals surface area contributed by atoms with E-state index >= 15 is 0 Å². The van der Waals surface area contributed by atoms with Gasteiger partial charge >= 0.3 is 0 Å². The summed E-state index contributed by atoms with van der Waals surface area (Å²) >= 11 is 0. The van der Waals surface area contributed by atoms with Gasteiger partial charge in [0.2, 0.25) is 0 Å². The standard InChI is InChI=1S/C15H30N2/c1-12(2)13-6-8-15(9-7-13)17-10-4-5-14(11-17)16-3/h12-16H,4-11H2,1-3H3. The maximum atomic E-state index is 3.46. The zero-order valence-corrected chi connectivity index (χ0v) is 11.9. The second-order valence-corrected chi connectivity index (χ2v) is 6.44. The summed E-state index contributed by atoms with van der Waals surface area (Å²) in [5.74, 6) is 1.89. The third-order valence-electron chi connectivity index (χ3n) is 5.06. The zero-order chi connectivity index (χ0) is 12.3. The molecule has 1 aliphatic carbocycles. The number of likely N-dealkylation sites (tertiary alicyclic amines) is 1. The van der Waals surface area contributed by atoms with Crippen molar-refractivity contribution in [3.8, 4) is 0 Å². The van der Waals surface area contributed by atoms with Gasteiger partial charge in [0.25, 0.3) is 0 Å². The minimum Gasteiger partial charge on any atom is -0.316 e. The molecule has 100 valence electrons. The Balaban J connectivity index is 1.80. The summed E-state index contributed by atoms with van der Waals surface area (Å²) < 4.78 is 0. The van der Waals surface area contributed by atoms with Crippen molar-refractivity contribution in [3.63, 3.8) is 0 Å². The number of hydrogen-bond acceptors (Lipinski definition) is 2. The fraction of sp³-hybridized carbons (Fsp3) is 1.00. The summed E-state index contributed by atoms with van der Waals surface area (Å²) in [5.41, 5.74) is 0. The van der Waals surface area contributed by atoms with E-state index in [-0.39, 0.29) is 0 Å². The molecule has 2 rings (SSSR count). The van der Waals surface area contributed by atoms with Gasteiger partial charge in [-0.25, -0.2) is 0 Å². The lowest BCUT2D eigenvalue weighted by molar-refractivity contribution is 0.0910. The number of likely N-dealkylation sites (N-methyl/N-ethyl adjacent to an activating group) is 1. The first-order valence-electron chi connectivity index (χ1n) is 7.62. The first kappa shape index (κ1) is 13.4. The van der Waals surface area contributed by atoms with Gasteiger partial charge in [-0.2, -0.15) is 0 Å². The Morgan fingerprint density at radius 2 is 1.76 bits per heavy atom. The van der Waals surface area contributed by atoms with Crippen LogP contribution in [0, 0.1) is 11.8 Å². The summed E-state index contributed by atoms with van der Waals surface area (Å²) in [6.07, 6.45) is 8.56. The largest absolute Gasteiger partial charge is 0.316 e. The zero-order valence-electron chi connectivity index (χ0n) is 11.9. The maximum Gasteiger partial charge on any atom is 0.0192 e. The lowest BCUT2D eigenvalue weighted by atomic mass is 9.79. The predicted octanol–water partition coefficient (Wildman–Crippen LogP) is 2.89. The third kappa shape index (κ3) is 3.45. The Hall–Kier alpha value is -0.0800. The Bertz CT molecular complexity index is 219. The topological polar surface area (TPSA) is 15.3 Å². The molecule has 0 radical (unpaired) electrons. The fourth-order valence-corrected chi connectivity index (χ4v) is 3.71. The molecule has 0 bridgehead atoms. The second kappa shape index (κ2) is 6.19. The molecule has 0 aromatic rings. The van der Waals surface area contributed by atoms with Crippen molar-refractivity contribution in [2.45, 2.75) is 64.5 Å². The van der Waals surface area contributed by atoms with Crippen LogP contribution >= 0.6 is 0 Å². The Morgan fingerprint density at radius 1 is 1.06 bits per heavy atom. The van der Waals surface area contributed by atoms with E-state index in [9.17, 15) is 0 Å². The molecule has 2 fully saturated rings. The highest BCUT2D eigenvalue weighted by molar-refractivity contribution is 4.85. The third-order valence-corrected chi connectivity index (χ3v) is 5.06. The van der Waals surface area contributed by atoms with Crippen LogP contribution in [0.25, 0.3) is 0 Å². The Kier molecular flexibility index (Phi) is 4.87. The van der Waals surface area contributed by atoms with Crippen LogP contribution in [-0.4, -0.2) is 37.1 Å². The van der Waals surface area contributed by atoms with Crippen LogP contribution in [-0.2, 0) is 0 Å². The van der Waals surface area contributed by atoms with Crippen LogP contribution in [0.15, 0.2) is 0 Å². The van der Waals surface area contributed by atoms with Gasteiger partial charge in [0.15, 0.2) is 0 Å². The Morgan fingerprint density at radius 3 is 2.35 bits per heavy atom. The molecule has 1 N–H and O–H groups in total. The monoisotopic (exact) mass is 238 g/mol. The van der Waals surface area contributed by atoms with E-state index in [0.29, 0.717) is 0 Å². The van der Waals surface area contributed by atoms with Crippen LogP contribution in [0.5, 0.6) is 0 Å². The van der Waals surface area contributed by atoms with Crippen molar-refractivity contribution in [3.05, 3.63) is 0 Å². The normalized spacial score (nSPS) is 36.4. The van der Waals surface area contributed by atoms with Crippen LogP contribution in [0.2, 0.25) is 0 Å². The van der Waals surface area contributed by atoms with Gasteiger partial charge in [0.05, 0.1) is 0 Å². The van der Waals surface area contributed by atoms with Crippen molar-refractivity contribution in [2.75, 3.05) is 20.1 Å². The molecular weight excluding hydrogens is 208 g/mol. The molecule has 2 nitrogen and oxygen atoms in total. The first-order chi connectivity index (χ1) is 8.20. The average Bonchev–Trinajstić information content (AvgIpc) is 2.39. The lowest BCUT2D eigenvalue weighted by Crippen LogP contribution is -2.49. The number of nitrogens with one attached hydrogen (secondary N) is 1. The maximum absolute atomic E-state index is 3.46. The van der Waals surface area contributed by atoms with Gasteiger partial charge in [-0.15, -0.1) is 0 Å². The summed E-state index contributed by atoms with van der Waals surface area (Å²) in [4.78, 5) is 2.77. The van der Waals surface area contributed by atoms with Crippen LogP contribution in [0.1, 0.15) is 52.4 Å². The van der Waals surface area contributed by atoms with E-state index in [0.717, 1.165) is 23.9 Å². The number of nitrogens with zero attached hydrogens (tertiary/aromatic N) is 1. The van der Waals surface area contributed by atoms with Crippen molar-refractivity contribution < 1.29 is 0 Å². The highest BCUT2D eigenvalue weighted by Gasteiger charge is 2.29. The molecular formula is C15H30N2. The van der Waals surface area contributed by atoms with Crippen LogP contribution in [0.4, 0.5) is 0 Å². The van der Waals surface area contributed by atoms with E-state index in [2.05, 4.69) is 31.1 Å². The summed E-state index contributed by atoms with van der Waals surface area (Å²) in [7, 11) is 2.11. The first-order valence-corrected chi connectivity index (χ1v) is 7.62. The molecule has 2 heteroatoms. The van der Waals surface area contributed by atoms with Crippen LogP contribution < -0.4 is 5.32 Å². The minimum absolute atomic E-state index is 0.742. The fourth-order valence-electron chi connectivity index (χ4n) is 3.71. The minimum atomic E-state index is 0.742. The summed E-state index contributed by atoms with van der Waals surface area (Å²) in [6, 6.07) is 1.63. The second-order valence-electron chi connectivity index (χ2n) is 6.44. The molecule has 1 heterocycles. The van der Waals surface area contributed by atoms with Gasteiger partial charge < -0.3 is 5.32 Å². The summed E-state index contributed by atoms with van der Waals surface area (Å²) in [6.45, 7) is 7.41. The molecule has 1 saturated heterocycles. The lowest BCUT2D eigenvalue weighted by Gasteiger charge is -2.42. The molecule has 0 aromatic carbocycles. The van der Waals surface area contributed by atoms with Gasteiger partial charge in [-0.1, -0.05) is 13.8 Å². The molecule has 1 saturated carbocycles. The van der Waals surface area contributed by atoms with Crippen molar-refractivity contribution in [1.29, 1.82) is 0 Å². The van der Waals surface area contributed by atoms with E-state index in [4.69, 9.17) is 0 Å². The van der Waals surface area contributed by atoms with Crippen LogP contribution in [0.3, 0.4) is 0 Å². The molecule has 1 aliphatic heterocycles. The number of rotatable bonds is 3. The highest BCUT2D eigenvalue weighted by Crippen LogP contribution is 2.33. The van der Waals surface area contributed by atoms with Crippen molar-refractivity contribution >= 4 is 0 Å². The molecule has 1 unspecified atom stereocenters.